The van der Waals surface area contributed by atoms with Crippen LogP contribution in [0.25, 0.3) is 0 Å². The highest BCUT2D eigenvalue weighted by molar-refractivity contribution is 9.10. The summed E-state index contributed by atoms with van der Waals surface area (Å²) in [4.78, 5) is 22.9. The minimum absolute atomic E-state index is 0.273. The molecule has 2 aliphatic rings. The molecule has 1 aromatic carbocycles. The number of aliphatic hydroxyl groups excluding tert-OH is 1. The van der Waals surface area contributed by atoms with Crippen LogP contribution in [-0.4, -0.2) is 29.6 Å². The molecule has 1 fully saturated rings. The van der Waals surface area contributed by atoms with Crippen LogP contribution in [0.3, 0.4) is 0 Å². The first-order valence-electron chi connectivity index (χ1n) is 6.77. The maximum atomic E-state index is 11.6. The third-order valence-electron chi connectivity index (χ3n) is 4.36. The van der Waals surface area contributed by atoms with E-state index in [1.807, 2.05) is 0 Å². The van der Waals surface area contributed by atoms with E-state index in [0.29, 0.717) is 40.5 Å². The molecule has 1 N–H and O–H groups in total. The van der Waals surface area contributed by atoms with Gasteiger partial charge in [-0.15, -0.1) is 0 Å². The molecule has 1 aliphatic carbocycles. The van der Waals surface area contributed by atoms with Gasteiger partial charge in [0.1, 0.15) is 5.75 Å². The molecule has 1 saturated carbocycles. The van der Waals surface area contributed by atoms with Gasteiger partial charge >= 0.3 is 5.97 Å². The average molecular weight is 355 g/mol. The van der Waals surface area contributed by atoms with E-state index in [1.54, 1.807) is 12.1 Å². The molecule has 0 radical (unpaired) electrons. The van der Waals surface area contributed by atoms with Crippen molar-refractivity contribution >= 4 is 28.2 Å². The molecule has 2 atom stereocenters. The van der Waals surface area contributed by atoms with E-state index in [0.717, 1.165) is 6.42 Å². The Bertz CT molecular complexity index is 629. The highest BCUT2D eigenvalue weighted by Gasteiger charge is 2.66. The first-order chi connectivity index (χ1) is 9.98. The van der Waals surface area contributed by atoms with Gasteiger partial charge in [-0.1, -0.05) is 15.9 Å². The first-order valence-corrected chi connectivity index (χ1v) is 7.56. The van der Waals surface area contributed by atoms with Crippen LogP contribution < -0.4 is 4.74 Å². The zero-order valence-corrected chi connectivity index (χ0v) is 13.1. The Labute approximate surface area is 130 Å². The molecule has 6 heteroatoms. The monoisotopic (exact) mass is 354 g/mol. The SMILES string of the molecule is CC(=O)OC12CCCC1(CO)Oc1c(C=O)cc(Br)cc12. The van der Waals surface area contributed by atoms with Crippen molar-refractivity contribution < 1.29 is 24.2 Å². The third-order valence-corrected chi connectivity index (χ3v) is 4.82. The number of carbonyl (C=O) groups is 2. The van der Waals surface area contributed by atoms with E-state index in [1.165, 1.54) is 6.92 Å². The van der Waals surface area contributed by atoms with Crippen LogP contribution in [0.5, 0.6) is 5.75 Å². The Morgan fingerprint density at radius 2 is 2.29 bits per heavy atom. The Morgan fingerprint density at radius 3 is 2.90 bits per heavy atom. The number of rotatable bonds is 3. The largest absolute Gasteiger partial charge is 0.479 e. The highest BCUT2D eigenvalue weighted by Crippen LogP contribution is 2.59. The topological polar surface area (TPSA) is 72.8 Å². The van der Waals surface area contributed by atoms with Crippen LogP contribution in [0.2, 0.25) is 0 Å². The van der Waals surface area contributed by atoms with Gasteiger partial charge in [-0.05, 0) is 31.4 Å². The summed E-state index contributed by atoms with van der Waals surface area (Å²) in [6, 6.07) is 3.45. The molecule has 5 nitrogen and oxygen atoms in total. The molecular formula is C15H15BrO5. The number of ether oxygens (including phenoxy) is 2. The fraction of sp³-hybridized carbons (Fsp3) is 0.467. The van der Waals surface area contributed by atoms with Crippen LogP contribution in [0.4, 0.5) is 0 Å². The molecular weight excluding hydrogens is 340 g/mol. The fourth-order valence-corrected chi connectivity index (χ4v) is 4.04. The van der Waals surface area contributed by atoms with E-state index in [-0.39, 0.29) is 6.61 Å². The van der Waals surface area contributed by atoms with E-state index < -0.39 is 17.2 Å². The predicted octanol–water partition coefficient (Wildman–Crippen LogP) is 2.33. The second-order valence-electron chi connectivity index (χ2n) is 5.52. The summed E-state index contributed by atoms with van der Waals surface area (Å²) < 4.78 is 12.3. The highest BCUT2D eigenvalue weighted by atomic mass is 79.9. The third kappa shape index (κ3) is 1.85. The number of hydrogen-bond acceptors (Lipinski definition) is 5. The number of carbonyl (C=O) groups excluding carboxylic acids is 2. The van der Waals surface area contributed by atoms with Gasteiger partial charge in [0.15, 0.2) is 17.5 Å². The molecule has 0 spiro atoms. The Morgan fingerprint density at radius 1 is 1.52 bits per heavy atom. The van der Waals surface area contributed by atoms with Crippen LogP contribution >= 0.6 is 15.9 Å². The first kappa shape index (κ1) is 14.5. The molecule has 0 saturated heterocycles. The van der Waals surface area contributed by atoms with Gasteiger partial charge in [0.25, 0.3) is 0 Å². The molecule has 0 bridgehead atoms. The smallest absolute Gasteiger partial charge is 0.303 e. The molecule has 1 aliphatic heterocycles. The summed E-state index contributed by atoms with van der Waals surface area (Å²) in [5.41, 5.74) is -0.988. The summed E-state index contributed by atoms with van der Waals surface area (Å²) in [5.74, 6) is -0.0259. The standard InChI is InChI=1S/C15H15BrO5/c1-9(19)20-15-4-2-3-14(15,8-18)21-13-10(7-17)5-11(16)6-12(13)15/h5-7,18H,2-4,8H2,1H3. The van der Waals surface area contributed by atoms with E-state index >= 15 is 0 Å². The van der Waals surface area contributed by atoms with E-state index in [4.69, 9.17) is 9.47 Å². The van der Waals surface area contributed by atoms with Crippen molar-refractivity contribution in [3.8, 4) is 5.75 Å². The zero-order valence-electron chi connectivity index (χ0n) is 11.5. The van der Waals surface area contributed by atoms with Crippen molar-refractivity contribution in [2.45, 2.75) is 37.4 Å². The van der Waals surface area contributed by atoms with Crippen LogP contribution in [0, 0.1) is 0 Å². The zero-order chi connectivity index (χ0) is 15.3. The maximum Gasteiger partial charge on any atom is 0.303 e. The normalized spacial score (nSPS) is 29.5. The van der Waals surface area contributed by atoms with Crippen molar-refractivity contribution in [2.24, 2.45) is 0 Å². The quantitative estimate of drug-likeness (QED) is 0.666. The van der Waals surface area contributed by atoms with Crippen molar-refractivity contribution in [2.75, 3.05) is 6.61 Å². The van der Waals surface area contributed by atoms with Crippen LogP contribution in [-0.2, 0) is 15.1 Å². The number of hydrogen-bond donors (Lipinski definition) is 1. The van der Waals surface area contributed by atoms with Crippen LogP contribution in [0.15, 0.2) is 16.6 Å². The molecule has 0 amide bonds. The Balaban J connectivity index is 2.26. The molecule has 112 valence electrons. The lowest BCUT2D eigenvalue weighted by Crippen LogP contribution is -2.52. The average Bonchev–Trinajstić information content (AvgIpc) is 2.89. The molecule has 1 heterocycles. The lowest BCUT2D eigenvalue weighted by Gasteiger charge is -2.37. The number of fused-ring (bicyclic) bond motifs is 3. The number of halogens is 1. The van der Waals surface area contributed by atoms with Gasteiger partial charge in [-0.3, -0.25) is 9.59 Å². The minimum Gasteiger partial charge on any atom is -0.479 e. The molecule has 3 rings (SSSR count). The molecule has 0 aromatic heterocycles. The predicted molar refractivity (Wildman–Crippen MR) is 77.3 cm³/mol. The second kappa shape index (κ2) is 4.81. The summed E-state index contributed by atoms with van der Waals surface area (Å²) in [7, 11) is 0. The minimum atomic E-state index is -1.02. The Kier molecular flexibility index (Phi) is 3.33. The lowest BCUT2D eigenvalue weighted by atomic mass is 9.82. The van der Waals surface area contributed by atoms with E-state index in [2.05, 4.69) is 15.9 Å². The van der Waals surface area contributed by atoms with Gasteiger partial charge in [0.05, 0.1) is 12.2 Å². The summed E-state index contributed by atoms with van der Waals surface area (Å²) in [5, 5.41) is 9.89. The number of benzene rings is 1. The van der Waals surface area contributed by atoms with Crippen molar-refractivity contribution in [1.29, 1.82) is 0 Å². The summed E-state index contributed by atoms with van der Waals surface area (Å²) in [6.45, 7) is 1.07. The maximum absolute atomic E-state index is 11.6. The summed E-state index contributed by atoms with van der Waals surface area (Å²) >= 11 is 3.37. The molecule has 21 heavy (non-hydrogen) atoms. The van der Waals surface area contributed by atoms with Gasteiger partial charge in [-0.2, -0.15) is 0 Å². The van der Waals surface area contributed by atoms with Gasteiger partial charge in [-0.25, -0.2) is 0 Å². The Hall–Kier alpha value is -1.40. The number of aliphatic hydroxyl groups is 1. The van der Waals surface area contributed by atoms with E-state index in [9.17, 15) is 14.7 Å². The van der Waals surface area contributed by atoms with Gasteiger partial charge in [0, 0.05) is 17.0 Å². The molecule has 1 aromatic rings. The van der Waals surface area contributed by atoms with Crippen molar-refractivity contribution in [3.05, 3.63) is 27.7 Å². The lowest BCUT2D eigenvalue weighted by molar-refractivity contribution is -0.181. The molecule has 2 unspecified atom stereocenters. The number of aldehydes is 1. The van der Waals surface area contributed by atoms with Crippen molar-refractivity contribution in [3.63, 3.8) is 0 Å². The van der Waals surface area contributed by atoms with Gasteiger partial charge in [0.2, 0.25) is 0 Å². The summed E-state index contributed by atoms with van der Waals surface area (Å²) in [6.07, 6.45) is 2.61. The number of esters is 1. The fourth-order valence-electron chi connectivity index (χ4n) is 3.56. The van der Waals surface area contributed by atoms with Gasteiger partial charge < -0.3 is 14.6 Å². The van der Waals surface area contributed by atoms with Crippen LogP contribution in [0.1, 0.15) is 42.1 Å². The second-order valence-corrected chi connectivity index (χ2v) is 6.43. The van der Waals surface area contributed by atoms with Crippen molar-refractivity contribution in [1.82, 2.24) is 0 Å².